The fourth-order valence-corrected chi connectivity index (χ4v) is 2.55. The molecule has 0 spiro atoms. The van der Waals surface area contributed by atoms with Crippen molar-refractivity contribution in [3.63, 3.8) is 0 Å². The Kier molecular flexibility index (Phi) is 3.38. The Hall–Kier alpha value is -1.97. The Morgan fingerprint density at radius 3 is 2.60 bits per heavy atom. The van der Waals surface area contributed by atoms with Gasteiger partial charge < -0.3 is 14.8 Å². The average molecular weight is 288 g/mol. The summed E-state index contributed by atoms with van der Waals surface area (Å²) in [5, 5.41) is 12.0. The molecule has 102 valence electrons. The maximum absolute atomic E-state index is 10.5. The van der Waals surface area contributed by atoms with E-state index in [0.717, 1.165) is 22.0 Å². The summed E-state index contributed by atoms with van der Waals surface area (Å²) in [6.07, 6.45) is 1.17. The van der Waals surface area contributed by atoms with Crippen LogP contribution in [0.2, 0.25) is 5.02 Å². The van der Waals surface area contributed by atoms with Crippen molar-refractivity contribution in [1.29, 1.82) is 0 Å². The van der Waals surface area contributed by atoms with Crippen LogP contribution in [0.1, 0.15) is 17.2 Å². The van der Waals surface area contributed by atoms with E-state index in [1.807, 2.05) is 36.5 Å². The van der Waals surface area contributed by atoms with E-state index in [4.69, 9.17) is 16.3 Å². The highest BCUT2D eigenvalue weighted by molar-refractivity contribution is 6.32. The molecule has 1 aromatic heterocycles. The number of aromatic amines is 1. The van der Waals surface area contributed by atoms with Gasteiger partial charge in [0.05, 0.1) is 12.1 Å². The summed E-state index contributed by atoms with van der Waals surface area (Å²) >= 11 is 6.10. The van der Waals surface area contributed by atoms with Gasteiger partial charge >= 0.3 is 0 Å². The SMILES string of the molecule is COc1ccc(C(O)c2ccc3[nH]ccc3c2)cc1Cl. The van der Waals surface area contributed by atoms with Crippen LogP contribution in [0.15, 0.2) is 48.7 Å². The van der Waals surface area contributed by atoms with Crippen molar-refractivity contribution in [2.45, 2.75) is 6.10 Å². The van der Waals surface area contributed by atoms with Gasteiger partial charge in [0.15, 0.2) is 0 Å². The zero-order chi connectivity index (χ0) is 14.1. The molecule has 0 aliphatic rings. The lowest BCUT2D eigenvalue weighted by molar-refractivity contribution is 0.220. The van der Waals surface area contributed by atoms with Crippen LogP contribution in [0.3, 0.4) is 0 Å². The number of aliphatic hydroxyl groups excluding tert-OH is 1. The largest absolute Gasteiger partial charge is 0.495 e. The molecule has 20 heavy (non-hydrogen) atoms. The molecule has 0 aliphatic heterocycles. The summed E-state index contributed by atoms with van der Waals surface area (Å²) in [5.41, 5.74) is 2.62. The predicted molar refractivity (Wildman–Crippen MR) is 80.4 cm³/mol. The third kappa shape index (κ3) is 2.26. The lowest BCUT2D eigenvalue weighted by Gasteiger charge is -2.13. The molecule has 1 atom stereocenters. The van der Waals surface area contributed by atoms with Crippen LogP contribution in [0, 0.1) is 0 Å². The minimum Gasteiger partial charge on any atom is -0.495 e. The van der Waals surface area contributed by atoms with Crippen molar-refractivity contribution >= 4 is 22.5 Å². The number of aliphatic hydroxyl groups is 1. The minimum absolute atomic E-state index is 0.492. The van der Waals surface area contributed by atoms with E-state index in [2.05, 4.69) is 4.98 Å². The third-order valence-corrected chi connectivity index (χ3v) is 3.68. The van der Waals surface area contributed by atoms with Gasteiger partial charge in [-0.1, -0.05) is 23.7 Å². The number of hydrogen-bond donors (Lipinski definition) is 2. The predicted octanol–water partition coefficient (Wildman–Crippen LogP) is 3.91. The molecule has 0 bridgehead atoms. The zero-order valence-electron chi connectivity index (χ0n) is 10.9. The topological polar surface area (TPSA) is 45.2 Å². The first-order valence-electron chi connectivity index (χ1n) is 6.27. The molecule has 0 fully saturated rings. The number of halogens is 1. The van der Waals surface area contributed by atoms with Crippen molar-refractivity contribution < 1.29 is 9.84 Å². The summed E-state index contributed by atoms with van der Waals surface area (Å²) in [4.78, 5) is 3.13. The summed E-state index contributed by atoms with van der Waals surface area (Å²) in [5.74, 6) is 0.601. The summed E-state index contributed by atoms with van der Waals surface area (Å²) in [6, 6.07) is 13.1. The second-order valence-electron chi connectivity index (χ2n) is 4.62. The molecule has 3 nitrogen and oxygen atoms in total. The second kappa shape index (κ2) is 5.19. The molecule has 0 saturated heterocycles. The van der Waals surface area contributed by atoms with Crippen LogP contribution in [0.4, 0.5) is 0 Å². The molecule has 0 amide bonds. The molecule has 0 saturated carbocycles. The van der Waals surface area contributed by atoms with Crippen LogP contribution < -0.4 is 4.74 Å². The van der Waals surface area contributed by atoms with E-state index in [1.165, 1.54) is 0 Å². The van der Waals surface area contributed by atoms with Gasteiger partial charge in [0.1, 0.15) is 11.9 Å². The summed E-state index contributed by atoms with van der Waals surface area (Å²) in [7, 11) is 1.57. The van der Waals surface area contributed by atoms with Gasteiger partial charge in [-0.05, 0) is 46.8 Å². The van der Waals surface area contributed by atoms with Crippen LogP contribution in [0.25, 0.3) is 10.9 Å². The van der Waals surface area contributed by atoms with Crippen molar-refractivity contribution in [3.8, 4) is 5.75 Å². The Morgan fingerprint density at radius 1 is 1.10 bits per heavy atom. The number of fused-ring (bicyclic) bond motifs is 1. The average Bonchev–Trinajstić information content (AvgIpc) is 2.93. The van der Waals surface area contributed by atoms with Gasteiger partial charge in [-0.2, -0.15) is 0 Å². The van der Waals surface area contributed by atoms with Gasteiger partial charge in [0, 0.05) is 11.7 Å². The quantitative estimate of drug-likeness (QED) is 0.767. The Bertz CT molecular complexity index is 751. The maximum atomic E-state index is 10.5. The lowest BCUT2D eigenvalue weighted by Crippen LogP contribution is -2.00. The van der Waals surface area contributed by atoms with Crippen molar-refractivity contribution in [1.82, 2.24) is 4.98 Å². The molecular formula is C16H14ClNO2. The molecule has 4 heteroatoms. The number of methoxy groups -OCH3 is 1. The van der Waals surface area contributed by atoms with Gasteiger partial charge in [0.2, 0.25) is 0 Å². The number of ether oxygens (including phenoxy) is 1. The highest BCUT2D eigenvalue weighted by Crippen LogP contribution is 2.31. The Labute approximate surface area is 121 Å². The summed E-state index contributed by atoms with van der Waals surface area (Å²) in [6.45, 7) is 0. The lowest BCUT2D eigenvalue weighted by atomic mass is 10.0. The number of H-pyrrole nitrogens is 1. The second-order valence-corrected chi connectivity index (χ2v) is 5.03. The first kappa shape index (κ1) is 13.0. The van der Waals surface area contributed by atoms with Crippen molar-refractivity contribution in [2.75, 3.05) is 7.11 Å². The molecule has 1 unspecified atom stereocenters. The molecule has 2 N–H and O–H groups in total. The first-order valence-corrected chi connectivity index (χ1v) is 6.65. The number of rotatable bonds is 3. The highest BCUT2D eigenvalue weighted by Gasteiger charge is 2.13. The minimum atomic E-state index is -0.710. The van der Waals surface area contributed by atoms with Gasteiger partial charge in [-0.15, -0.1) is 0 Å². The zero-order valence-corrected chi connectivity index (χ0v) is 11.7. The van der Waals surface area contributed by atoms with E-state index in [1.54, 1.807) is 19.2 Å². The van der Waals surface area contributed by atoms with Crippen molar-refractivity contribution in [2.24, 2.45) is 0 Å². The molecule has 2 aromatic carbocycles. The molecule has 3 rings (SSSR count). The molecule has 1 heterocycles. The monoisotopic (exact) mass is 287 g/mol. The van der Waals surface area contributed by atoms with Gasteiger partial charge in [-0.25, -0.2) is 0 Å². The fraction of sp³-hybridized carbons (Fsp3) is 0.125. The highest BCUT2D eigenvalue weighted by atomic mass is 35.5. The van der Waals surface area contributed by atoms with Crippen LogP contribution >= 0.6 is 11.6 Å². The number of hydrogen-bond acceptors (Lipinski definition) is 2. The molecule has 0 radical (unpaired) electrons. The van der Waals surface area contributed by atoms with Crippen LogP contribution in [0.5, 0.6) is 5.75 Å². The number of benzene rings is 2. The fourth-order valence-electron chi connectivity index (χ4n) is 2.29. The normalized spacial score (nSPS) is 12.6. The van der Waals surface area contributed by atoms with Gasteiger partial charge in [0.25, 0.3) is 0 Å². The van der Waals surface area contributed by atoms with E-state index >= 15 is 0 Å². The smallest absolute Gasteiger partial charge is 0.137 e. The van der Waals surface area contributed by atoms with E-state index in [9.17, 15) is 5.11 Å². The standard InChI is InChI=1S/C16H14ClNO2/c1-20-15-5-3-12(9-13(15)17)16(19)11-2-4-14-10(8-11)6-7-18-14/h2-9,16,18-19H,1H3. The third-order valence-electron chi connectivity index (χ3n) is 3.38. The van der Waals surface area contributed by atoms with Gasteiger partial charge in [-0.3, -0.25) is 0 Å². The number of nitrogens with one attached hydrogen (secondary N) is 1. The molecule has 0 aliphatic carbocycles. The number of aromatic nitrogens is 1. The first-order chi connectivity index (χ1) is 9.69. The van der Waals surface area contributed by atoms with E-state index < -0.39 is 6.10 Å². The van der Waals surface area contributed by atoms with Crippen LogP contribution in [-0.4, -0.2) is 17.2 Å². The Morgan fingerprint density at radius 2 is 1.85 bits per heavy atom. The maximum Gasteiger partial charge on any atom is 0.137 e. The summed E-state index contributed by atoms with van der Waals surface area (Å²) < 4.78 is 5.11. The molecule has 3 aromatic rings. The molecular weight excluding hydrogens is 274 g/mol. The van der Waals surface area contributed by atoms with E-state index in [-0.39, 0.29) is 0 Å². The van der Waals surface area contributed by atoms with Crippen molar-refractivity contribution in [3.05, 3.63) is 64.8 Å². The van der Waals surface area contributed by atoms with E-state index in [0.29, 0.717) is 10.8 Å². The van der Waals surface area contributed by atoms with Crippen LogP contribution in [-0.2, 0) is 0 Å². The Balaban J connectivity index is 1.98.